The van der Waals surface area contributed by atoms with Crippen LogP contribution in [0.5, 0.6) is 0 Å². The number of carbonyl (C=O) groups excluding carboxylic acids is 1. The van der Waals surface area contributed by atoms with E-state index in [-0.39, 0.29) is 0 Å². The second-order valence-corrected chi connectivity index (χ2v) is 8.22. The number of aromatic amines is 1. The van der Waals surface area contributed by atoms with Crippen LogP contribution in [-0.4, -0.2) is 43.0 Å². The summed E-state index contributed by atoms with van der Waals surface area (Å²) in [5, 5.41) is 13.9. The first-order valence-corrected chi connectivity index (χ1v) is 9.83. The van der Waals surface area contributed by atoms with Gasteiger partial charge in [0.2, 0.25) is 0 Å². The predicted molar refractivity (Wildman–Crippen MR) is 110 cm³/mol. The SMILES string of the molecule is CC(C)(C)OC(=O)NCCCCc1nc2c(-c3cn[nH]c3)cnn2c(N)c1Br. The monoisotopic (exact) mass is 449 g/mol. The number of rotatable bonds is 6. The molecular weight excluding hydrogens is 426 g/mol. The number of halogens is 1. The van der Waals surface area contributed by atoms with Crippen molar-refractivity contribution in [2.24, 2.45) is 0 Å². The molecule has 0 aliphatic heterocycles. The van der Waals surface area contributed by atoms with Gasteiger partial charge in [-0.2, -0.15) is 14.7 Å². The molecule has 150 valence electrons. The highest BCUT2D eigenvalue weighted by Crippen LogP contribution is 2.29. The van der Waals surface area contributed by atoms with Crippen LogP contribution in [0.3, 0.4) is 0 Å². The van der Waals surface area contributed by atoms with Gasteiger partial charge >= 0.3 is 6.09 Å². The first kappa shape index (κ1) is 20.1. The number of hydrogen-bond donors (Lipinski definition) is 3. The molecule has 3 rings (SSSR count). The number of anilines is 1. The van der Waals surface area contributed by atoms with E-state index in [1.165, 1.54) is 0 Å². The Kier molecular flexibility index (Phi) is 5.87. The Balaban J connectivity index is 1.64. The van der Waals surface area contributed by atoms with Crippen LogP contribution in [0.25, 0.3) is 16.8 Å². The van der Waals surface area contributed by atoms with E-state index < -0.39 is 11.7 Å². The van der Waals surface area contributed by atoms with E-state index in [4.69, 9.17) is 15.5 Å². The lowest BCUT2D eigenvalue weighted by Crippen LogP contribution is -2.33. The van der Waals surface area contributed by atoms with Crippen molar-refractivity contribution >= 4 is 33.5 Å². The van der Waals surface area contributed by atoms with Gasteiger partial charge in [-0.3, -0.25) is 5.10 Å². The second-order valence-electron chi connectivity index (χ2n) is 7.42. The van der Waals surface area contributed by atoms with E-state index in [0.29, 0.717) is 24.4 Å². The molecule has 28 heavy (non-hydrogen) atoms. The van der Waals surface area contributed by atoms with Crippen molar-refractivity contribution in [3.05, 3.63) is 28.8 Å². The maximum Gasteiger partial charge on any atom is 0.407 e. The minimum atomic E-state index is -0.496. The lowest BCUT2D eigenvalue weighted by Gasteiger charge is -2.19. The van der Waals surface area contributed by atoms with Gasteiger partial charge in [0.15, 0.2) is 5.65 Å². The molecule has 0 atom stereocenters. The number of unbranched alkanes of at least 4 members (excludes halogenated alkanes) is 1. The van der Waals surface area contributed by atoms with Crippen molar-refractivity contribution < 1.29 is 9.53 Å². The number of carbonyl (C=O) groups is 1. The van der Waals surface area contributed by atoms with Crippen molar-refractivity contribution in [2.75, 3.05) is 12.3 Å². The molecule has 0 aliphatic rings. The summed E-state index contributed by atoms with van der Waals surface area (Å²) in [5.74, 6) is 0.502. The zero-order chi connectivity index (χ0) is 20.3. The Bertz CT molecular complexity index is 961. The third-order valence-electron chi connectivity index (χ3n) is 4.01. The molecule has 0 aromatic carbocycles. The number of ether oxygens (including phenoxy) is 1. The molecule has 3 aromatic rings. The molecule has 10 heteroatoms. The fourth-order valence-corrected chi connectivity index (χ4v) is 3.19. The van der Waals surface area contributed by atoms with Gasteiger partial charge in [-0.25, -0.2) is 9.78 Å². The first-order chi connectivity index (χ1) is 13.3. The molecule has 0 radical (unpaired) electrons. The summed E-state index contributed by atoms with van der Waals surface area (Å²) in [7, 11) is 0. The molecule has 9 nitrogen and oxygen atoms in total. The van der Waals surface area contributed by atoms with Crippen molar-refractivity contribution in [2.45, 2.75) is 45.6 Å². The Hall–Kier alpha value is -2.62. The van der Waals surface area contributed by atoms with Crippen LogP contribution in [0, 0.1) is 0 Å². The minimum Gasteiger partial charge on any atom is -0.444 e. The lowest BCUT2D eigenvalue weighted by molar-refractivity contribution is 0.0527. The average molecular weight is 450 g/mol. The molecule has 0 saturated heterocycles. The second kappa shape index (κ2) is 8.17. The smallest absolute Gasteiger partial charge is 0.407 e. The number of aryl methyl sites for hydroxylation is 1. The van der Waals surface area contributed by atoms with Gasteiger partial charge in [0.25, 0.3) is 0 Å². The fraction of sp³-hybridized carbons (Fsp3) is 0.444. The third kappa shape index (κ3) is 4.61. The molecule has 0 spiro atoms. The molecule has 3 aromatic heterocycles. The lowest BCUT2D eigenvalue weighted by atomic mass is 10.1. The summed E-state index contributed by atoms with van der Waals surface area (Å²) < 4.78 is 7.57. The third-order valence-corrected chi connectivity index (χ3v) is 4.87. The van der Waals surface area contributed by atoms with E-state index in [1.54, 1.807) is 23.1 Å². The van der Waals surface area contributed by atoms with E-state index in [9.17, 15) is 4.79 Å². The van der Waals surface area contributed by atoms with E-state index >= 15 is 0 Å². The maximum atomic E-state index is 11.7. The van der Waals surface area contributed by atoms with Gasteiger partial charge < -0.3 is 15.8 Å². The summed E-state index contributed by atoms with van der Waals surface area (Å²) in [5.41, 5.74) is 9.03. The van der Waals surface area contributed by atoms with Crippen LogP contribution < -0.4 is 11.1 Å². The van der Waals surface area contributed by atoms with E-state index in [0.717, 1.165) is 34.1 Å². The van der Waals surface area contributed by atoms with Crippen molar-refractivity contribution in [3.63, 3.8) is 0 Å². The summed E-state index contributed by atoms with van der Waals surface area (Å²) in [4.78, 5) is 16.4. The summed E-state index contributed by atoms with van der Waals surface area (Å²) in [6.45, 7) is 6.05. The van der Waals surface area contributed by atoms with Crippen LogP contribution in [0.15, 0.2) is 23.1 Å². The van der Waals surface area contributed by atoms with Gasteiger partial charge in [-0.1, -0.05) is 0 Å². The standard InChI is InChI=1S/C18H24BrN7O2/c1-18(2,3)28-17(27)21-7-5-4-6-13-14(19)15(20)26-16(25-13)12(10-24-26)11-8-22-23-9-11/h8-10H,4-7,20H2,1-3H3,(H,21,27)(H,22,23). The molecule has 3 heterocycles. The number of nitrogens with two attached hydrogens (primary N) is 1. The Morgan fingerprint density at radius 2 is 2.14 bits per heavy atom. The maximum absolute atomic E-state index is 11.7. The van der Waals surface area contributed by atoms with Crippen LogP contribution >= 0.6 is 15.9 Å². The molecular formula is C18H24BrN7O2. The number of nitrogens with zero attached hydrogens (tertiary/aromatic N) is 4. The quantitative estimate of drug-likeness (QED) is 0.495. The molecule has 1 amide bonds. The van der Waals surface area contributed by atoms with Crippen molar-refractivity contribution in [3.8, 4) is 11.1 Å². The molecule has 0 fully saturated rings. The Morgan fingerprint density at radius 3 is 2.82 bits per heavy atom. The Labute approximate surface area is 171 Å². The number of nitrogens with one attached hydrogen (secondary N) is 2. The summed E-state index contributed by atoms with van der Waals surface area (Å²) in [6, 6.07) is 0. The first-order valence-electron chi connectivity index (χ1n) is 9.04. The number of alkyl carbamates (subject to hydrolysis) is 1. The summed E-state index contributed by atoms with van der Waals surface area (Å²) in [6.07, 6.45) is 7.19. The predicted octanol–water partition coefficient (Wildman–Crippen LogP) is 3.31. The van der Waals surface area contributed by atoms with Gasteiger partial charge in [0.05, 0.1) is 22.6 Å². The van der Waals surface area contributed by atoms with Crippen LogP contribution in [0.4, 0.5) is 10.6 Å². The molecule has 0 bridgehead atoms. The minimum absolute atomic E-state index is 0.401. The highest BCUT2D eigenvalue weighted by Gasteiger charge is 2.17. The highest BCUT2D eigenvalue weighted by atomic mass is 79.9. The number of H-pyrrole nitrogens is 1. The molecule has 0 unspecified atom stereocenters. The molecule has 4 N–H and O–H groups in total. The van der Waals surface area contributed by atoms with E-state index in [1.807, 2.05) is 20.8 Å². The van der Waals surface area contributed by atoms with Gasteiger partial charge in [0, 0.05) is 23.9 Å². The molecule has 0 saturated carbocycles. The van der Waals surface area contributed by atoms with Crippen LogP contribution in [-0.2, 0) is 11.2 Å². The largest absolute Gasteiger partial charge is 0.444 e. The zero-order valence-electron chi connectivity index (χ0n) is 16.1. The Morgan fingerprint density at radius 1 is 1.36 bits per heavy atom. The highest BCUT2D eigenvalue weighted by molar-refractivity contribution is 9.10. The topological polar surface area (TPSA) is 123 Å². The van der Waals surface area contributed by atoms with Crippen LogP contribution in [0.2, 0.25) is 0 Å². The number of hydrogen-bond acceptors (Lipinski definition) is 6. The van der Waals surface area contributed by atoms with Crippen molar-refractivity contribution in [1.29, 1.82) is 0 Å². The fourth-order valence-electron chi connectivity index (χ4n) is 2.73. The van der Waals surface area contributed by atoms with Crippen molar-refractivity contribution in [1.82, 2.24) is 30.1 Å². The average Bonchev–Trinajstić information content (AvgIpc) is 3.26. The normalized spacial score (nSPS) is 11.7. The number of fused-ring (bicyclic) bond motifs is 1. The molecule has 0 aliphatic carbocycles. The number of aromatic nitrogens is 5. The number of amides is 1. The van der Waals surface area contributed by atoms with E-state index in [2.05, 4.69) is 36.5 Å². The zero-order valence-corrected chi connectivity index (χ0v) is 17.7. The summed E-state index contributed by atoms with van der Waals surface area (Å²) >= 11 is 3.53. The van der Waals surface area contributed by atoms with Gasteiger partial charge in [0.1, 0.15) is 11.4 Å². The van der Waals surface area contributed by atoms with Crippen LogP contribution in [0.1, 0.15) is 39.3 Å². The number of nitrogen functional groups attached to an aromatic ring is 1. The van der Waals surface area contributed by atoms with Gasteiger partial charge in [-0.05, 0) is 56.0 Å². The van der Waals surface area contributed by atoms with Gasteiger partial charge in [-0.15, -0.1) is 0 Å².